The SMILES string of the molecule is O=C(c1cc(-c2ccc(F)cc2)c[nH]1)N1CCC(c2ccccc2F)S(=O)(=O)CC1. The number of nitrogens with one attached hydrogen (secondary N) is 1. The van der Waals surface area contributed by atoms with Crippen molar-refractivity contribution >= 4 is 15.7 Å². The summed E-state index contributed by atoms with van der Waals surface area (Å²) in [5, 5.41) is -0.977. The minimum Gasteiger partial charge on any atom is -0.357 e. The van der Waals surface area contributed by atoms with Gasteiger partial charge in [-0.3, -0.25) is 4.79 Å². The van der Waals surface area contributed by atoms with Crippen LogP contribution in [0.15, 0.2) is 60.8 Å². The molecular weight excluding hydrogens is 410 g/mol. The molecule has 5 nitrogen and oxygen atoms in total. The van der Waals surface area contributed by atoms with Crippen LogP contribution in [-0.2, 0) is 9.84 Å². The van der Waals surface area contributed by atoms with Crippen molar-refractivity contribution in [3.05, 3.63) is 83.7 Å². The van der Waals surface area contributed by atoms with Crippen molar-refractivity contribution in [3.63, 3.8) is 0 Å². The zero-order valence-corrected chi connectivity index (χ0v) is 16.8. The third-order valence-electron chi connectivity index (χ3n) is 5.37. The molecule has 0 spiro atoms. The van der Waals surface area contributed by atoms with Gasteiger partial charge in [-0.15, -0.1) is 0 Å². The third kappa shape index (κ3) is 4.00. The molecule has 0 saturated carbocycles. The topological polar surface area (TPSA) is 70.2 Å². The lowest BCUT2D eigenvalue weighted by Gasteiger charge is -2.19. The molecule has 8 heteroatoms. The van der Waals surface area contributed by atoms with E-state index in [-0.39, 0.29) is 42.6 Å². The van der Waals surface area contributed by atoms with E-state index in [0.29, 0.717) is 5.69 Å². The van der Waals surface area contributed by atoms with Gasteiger partial charge in [-0.05, 0) is 41.8 Å². The van der Waals surface area contributed by atoms with E-state index in [9.17, 15) is 22.0 Å². The van der Waals surface area contributed by atoms with Gasteiger partial charge in [-0.25, -0.2) is 17.2 Å². The van der Waals surface area contributed by atoms with Gasteiger partial charge in [0.2, 0.25) is 0 Å². The molecule has 0 bridgehead atoms. The standard InChI is InChI=1S/C22H20F2N2O3S/c23-17-7-5-15(6-8-17)16-13-20(25-14-16)22(27)26-10-9-21(30(28,29)12-11-26)18-3-1-2-4-19(18)24/h1-8,13-14,21,25H,9-12H2. The molecule has 1 amide bonds. The van der Waals surface area contributed by atoms with Gasteiger partial charge < -0.3 is 9.88 Å². The van der Waals surface area contributed by atoms with Crippen LogP contribution < -0.4 is 0 Å². The molecule has 1 aromatic heterocycles. The number of amides is 1. The monoisotopic (exact) mass is 430 g/mol. The number of carbonyl (C=O) groups is 1. The molecule has 2 aromatic carbocycles. The molecule has 1 atom stereocenters. The second-order valence-electron chi connectivity index (χ2n) is 7.27. The Kier molecular flexibility index (Phi) is 5.42. The molecule has 4 rings (SSSR count). The van der Waals surface area contributed by atoms with Gasteiger partial charge >= 0.3 is 0 Å². The molecule has 1 aliphatic heterocycles. The zero-order valence-electron chi connectivity index (χ0n) is 16.0. The molecule has 1 unspecified atom stereocenters. The van der Waals surface area contributed by atoms with E-state index >= 15 is 0 Å². The van der Waals surface area contributed by atoms with E-state index < -0.39 is 20.9 Å². The molecular formula is C22H20F2N2O3S. The highest BCUT2D eigenvalue weighted by Crippen LogP contribution is 2.31. The number of nitrogens with zero attached hydrogens (tertiary/aromatic N) is 1. The first-order valence-corrected chi connectivity index (χ1v) is 11.3. The predicted octanol–water partition coefficient (Wildman–Crippen LogP) is 3.96. The number of benzene rings is 2. The van der Waals surface area contributed by atoms with E-state index in [1.165, 1.54) is 35.2 Å². The Morgan fingerprint density at radius 1 is 1.00 bits per heavy atom. The number of sulfone groups is 1. The fourth-order valence-corrected chi connectivity index (χ4v) is 5.53. The Morgan fingerprint density at radius 3 is 2.47 bits per heavy atom. The fourth-order valence-electron chi connectivity index (χ4n) is 3.73. The maximum Gasteiger partial charge on any atom is 0.270 e. The van der Waals surface area contributed by atoms with E-state index in [4.69, 9.17) is 0 Å². The van der Waals surface area contributed by atoms with Crippen LogP contribution in [0.3, 0.4) is 0 Å². The summed E-state index contributed by atoms with van der Waals surface area (Å²) < 4.78 is 52.8. The smallest absolute Gasteiger partial charge is 0.270 e. The summed E-state index contributed by atoms with van der Waals surface area (Å²) in [6.07, 6.45) is 1.78. The van der Waals surface area contributed by atoms with Gasteiger partial charge in [0.15, 0.2) is 9.84 Å². The van der Waals surface area contributed by atoms with Crippen LogP contribution in [0, 0.1) is 11.6 Å². The number of aromatic nitrogens is 1. The van der Waals surface area contributed by atoms with Gasteiger partial charge in [-0.2, -0.15) is 0 Å². The van der Waals surface area contributed by atoms with E-state index in [1.54, 1.807) is 30.5 Å². The molecule has 156 valence electrons. The summed E-state index contributed by atoms with van der Waals surface area (Å²) in [6.45, 7) is 0.235. The molecule has 2 heterocycles. The Morgan fingerprint density at radius 2 is 1.73 bits per heavy atom. The van der Waals surface area contributed by atoms with E-state index in [1.807, 2.05) is 0 Å². The summed E-state index contributed by atoms with van der Waals surface area (Å²) in [7, 11) is -3.61. The molecule has 1 N–H and O–H groups in total. The van der Waals surface area contributed by atoms with E-state index in [2.05, 4.69) is 4.98 Å². The van der Waals surface area contributed by atoms with Crippen LogP contribution in [-0.4, -0.2) is 43.1 Å². The highest BCUT2D eigenvalue weighted by molar-refractivity contribution is 7.91. The maximum atomic E-state index is 14.2. The van der Waals surface area contributed by atoms with Crippen molar-refractivity contribution in [1.82, 2.24) is 9.88 Å². The lowest BCUT2D eigenvalue weighted by molar-refractivity contribution is 0.0761. The average Bonchev–Trinajstić information content (AvgIpc) is 3.15. The Bertz CT molecular complexity index is 1170. The summed E-state index contributed by atoms with van der Waals surface area (Å²) in [5.74, 6) is -1.46. The van der Waals surface area contributed by atoms with Crippen molar-refractivity contribution in [2.24, 2.45) is 0 Å². The summed E-state index contributed by atoms with van der Waals surface area (Å²) in [5.41, 5.74) is 1.94. The number of aromatic amines is 1. The molecule has 1 aliphatic rings. The number of carbonyl (C=O) groups excluding carboxylic acids is 1. The van der Waals surface area contributed by atoms with Gasteiger partial charge in [0, 0.05) is 24.8 Å². The predicted molar refractivity (Wildman–Crippen MR) is 110 cm³/mol. The summed E-state index contributed by atoms with van der Waals surface area (Å²) >= 11 is 0. The minimum absolute atomic E-state index is 0.0387. The van der Waals surface area contributed by atoms with Crippen molar-refractivity contribution < 1.29 is 22.0 Å². The largest absolute Gasteiger partial charge is 0.357 e. The third-order valence-corrected chi connectivity index (χ3v) is 7.48. The van der Waals surface area contributed by atoms with Crippen LogP contribution in [0.1, 0.15) is 27.7 Å². The zero-order chi connectivity index (χ0) is 21.3. The van der Waals surface area contributed by atoms with Crippen molar-refractivity contribution in [2.45, 2.75) is 11.7 Å². The Labute approximate surface area is 173 Å². The highest BCUT2D eigenvalue weighted by atomic mass is 32.2. The molecule has 30 heavy (non-hydrogen) atoms. The van der Waals surface area contributed by atoms with Crippen LogP contribution in [0.2, 0.25) is 0 Å². The minimum atomic E-state index is -3.61. The second kappa shape index (κ2) is 8.02. The first-order valence-electron chi connectivity index (χ1n) is 9.55. The lowest BCUT2D eigenvalue weighted by atomic mass is 10.1. The van der Waals surface area contributed by atoms with Crippen molar-refractivity contribution in [2.75, 3.05) is 18.8 Å². The second-order valence-corrected chi connectivity index (χ2v) is 9.57. The molecule has 1 fully saturated rings. The van der Waals surface area contributed by atoms with Crippen LogP contribution in [0.25, 0.3) is 11.1 Å². The molecule has 3 aromatic rings. The summed E-state index contributed by atoms with van der Waals surface area (Å²) in [4.78, 5) is 17.3. The fraction of sp³-hybridized carbons (Fsp3) is 0.227. The number of rotatable bonds is 3. The van der Waals surface area contributed by atoms with Gasteiger partial charge in [0.25, 0.3) is 5.91 Å². The number of halogens is 2. The van der Waals surface area contributed by atoms with E-state index in [0.717, 1.165) is 11.1 Å². The quantitative estimate of drug-likeness (QED) is 0.684. The molecule has 1 saturated heterocycles. The molecule has 0 radical (unpaired) electrons. The highest BCUT2D eigenvalue weighted by Gasteiger charge is 2.34. The Balaban J connectivity index is 1.54. The number of H-pyrrole nitrogens is 1. The number of hydrogen-bond donors (Lipinski definition) is 1. The van der Waals surface area contributed by atoms with Crippen LogP contribution >= 0.6 is 0 Å². The van der Waals surface area contributed by atoms with Crippen molar-refractivity contribution in [1.29, 1.82) is 0 Å². The van der Waals surface area contributed by atoms with Gasteiger partial charge in [0.05, 0.1) is 11.0 Å². The van der Waals surface area contributed by atoms with Crippen LogP contribution in [0.4, 0.5) is 8.78 Å². The Hall–Kier alpha value is -3.00. The summed E-state index contributed by atoms with van der Waals surface area (Å²) in [6, 6.07) is 13.4. The first kappa shape index (κ1) is 20.3. The van der Waals surface area contributed by atoms with Gasteiger partial charge in [-0.1, -0.05) is 30.3 Å². The maximum absolute atomic E-state index is 14.2. The average molecular weight is 430 g/mol. The van der Waals surface area contributed by atoms with Crippen molar-refractivity contribution in [3.8, 4) is 11.1 Å². The van der Waals surface area contributed by atoms with Crippen LogP contribution in [0.5, 0.6) is 0 Å². The lowest BCUT2D eigenvalue weighted by Crippen LogP contribution is -2.33. The first-order chi connectivity index (χ1) is 14.3. The number of hydrogen-bond acceptors (Lipinski definition) is 3. The molecule has 0 aliphatic carbocycles. The normalized spacial score (nSPS) is 18.7. The van der Waals surface area contributed by atoms with Gasteiger partial charge in [0.1, 0.15) is 17.3 Å².